The lowest BCUT2D eigenvalue weighted by molar-refractivity contribution is -0.136. The van der Waals surface area contributed by atoms with E-state index in [9.17, 15) is 19.2 Å². The van der Waals surface area contributed by atoms with Gasteiger partial charge in [-0.25, -0.2) is 9.69 Å². The maximum atomic E-state index is 13.0. The van der Waals surface area contributed by atoms with E-state index in [1.807, 2.05) is 26.0 Å². The molecule has 0 N–H and O–H groups in total. The fourth-order valence-corrected chi connectivity index (χ4v) is 4.26. The second kappa shape index (κ2) is 8.57. The number of hydrogen-bond acceptors (Lipinski definition) is 5. The standard InChI is InChI=1S/C25H26N2O5/c1-15-6-7-17(3)21(11-15)27-23(29)19-9-8-18(12-20(19)24(27)30)25(31)32-14-22(28)26-10-4-5-16(2)13-26/h6-9,11-12,16H,4-5,10,13-14H2,1-3H3. The molecule has 1 atom stereocenters. The van der Waals surface area contributed by atoms with Crippen LogP contribution in [0.5, 0.6) is 0 Å². The van der Waals surface area contributed by atoms with Gasteiger partial charge >= 0.3 is 5.97 Å². The van der Waals surface area contributed by atoms with Crippen molar-refractivity contribution in [2.45, 2.75) is 33.6 Å². The average molecular weight is 434 g/mol. The van der Waals surface area contributed by atoms with Gasteiger partial charge in [-0.05, 0) is 68.0 Å². The Kier molecular flexibility index (Phi) is 5.82. The van der Waals surface area contributed by atoms with E-state index in [2.05, 4.69) is 6.92 Å². The maximum Gasteiger partial charge on any atom is 0.338 e. The predicted molar refractivity (Wildman–Crippen MR) is 119 cm³/mol. The molecule has 0 saturated carbocycles. The number of fused-ring (bicyclic) bond motifs is 1. The quantitative estimate of drug-likeness (QED) is 0.543. The number of piperidine rings is 1. The molecular weight excluding hydrogens is 408 g/mol. The number of imide groups is 1. The van der Waals surface area contributed by atoms with Crippen LogP contribution in [0.4, 0.5) is 5.69 Å². The maximum absolute atomic E-state index is 13.0. The van der Waals surface area contributed by atoms with Crippen molar-refractivity contribution in [3.05, 3.63) is 64.2 Å². The Bertz CT molecular complexity index is 1120. The summed E-state index contributed by atoms with van der Waals surface area (Å²) in [4.78, 5) is 53.7. The van der Waals surface area contributed by atoms with Gasteiger partial charge < -0.3 is 9.64 Å². The Morgan fingerprint density at radius 1 is 1.03 bits per heavy atom. The summed E-state index contributed by atoms with van der Waals surface area (Å²) in [5.41, 5.74) is 2.79. The SMILES string of the molecule is Cc1ccc(C)c(N2C(=O)c3ccc(C(=O)OCC(=O)N4CCCC(C)C4)cc3C2=O)c1. The monoisotopic (exact) mass is 434 g/mol. The molecule has 166 valence electrons. The first-order valence-electron chi connectivity index (χ1n) is 10.8. The minimum atomic E-state index is -0.698. The molecule has 0 aliphatic carbocycles. The van der Waals surface area contributed by atoms with Crippen molar-refractivity contribution in [1.82, 2.24) is 4.90 Å². The number of hydrogen-bond donors (Lipinski definition) is 0. The number of anilines is 1. The fraction of sp³-hybridized carbons (Fsp3) is 0.360. The van der Waals surface area contributed by atoms with Gasteiger partial charge in [-0.1, -0.05) is 19.1 Å². The molecule has 2 aromatic rings. The molecule has 3 amide bonds. The van der Waals surface area contributed by atoms with Crippen LogP contribution in [0.1, 0.15) is 62.0 Å². The minimum Gasteiger partial charge on any atom is -0.452 e. The highest BCUT2D eigenvalue weighted by Gasteiger charge is 2.38. The third kappa shape index (κ3) is 4.02. The summed E-state index contributed by atoms with van der Waals surface area (Å²) in [5.74, 6) is -1.39. The van der Waals surface area contributed by atoms with Crippen LogP contribution in [-0.4, -0.2) is 48.3 Å². The number of amides is 3. The number of aryl methyl sites for hydroxylation is 2. The van der Waals surface area contributed by atoms with Crippen molar-refractivity contribution in [2.75, 3.05) is 24.6 Å². The molecule has 2 aliphatic rings. The summed E-state index contributed by atoms with van der Waals surface area (Å²) in [6.45, 7) is 6.81. The number of carbonyl (C=O) groups is 4. The second-order valence-electron chi connectivity index (χ2n) is 8.66. The van der Waals surface area contributed by atoms with E-state index in [1.165, 1.54) is 18.2 Å². The fourth-order valence-electron chi connectivity index (χ4n) is 4.26. The van der Waals surface area contributed by atoms with Crippen molar-refractivity contribution < 1.29 is 23.9 Å². The first-order valence-corrected chi connectivity index (χ1v) is 10.8. The van der Waals surface area contributed by atoms with Crippen LogP contribution in [0.2, 0.25) is 0 Å². The van der Waals surface area contributed by atoms with Crippen LogP contribution < -0.4 is 4.90 Å². The van der Waals surface area contributed by atoms with E-state index in [0.29, 0.717) is 24.7 Å². The number of rotatable bonds is 4. The molecule has 0 bridgehead atoms. The van der Waals surface area contributed by atoms with E-state index in [1.54, 1.807) is 11.0 Å². The minimum absolute atomic E-state index is 0.132. The number of ether oxygens (including phenoxy) is 1. The molecule has 0 spiro atoms. The van der Waals surface area contributed by atoms with Gasteiger partial charge in [-0.15, -0.1) is 0 Å². The number of nitrogens with zero attached hydrogens (tertiary/aromatic N) is 2. The molecule has 2 aromatic carbocycles. The molecule has 0 aromatic heterocycles. The van der Waals surface area contributed by atoms with Gasteiger partial charge in [0.05, 0.1) is 22.4 Å². The Morgan fingerprint density at radius 3 is 2.53 bits per heavy atom. The van der Waals surface area contributed by atoms with Crippen LogP contribution >= 0.6 is 0 Å². The lowest BCUT2D eigenvalue weighted by Gasteiger charge is -2.30. The zero-order valence-electron chi connectivity index (χ0n) is 18.5. The number of esters is 1. The van der Waals surface area contributed by atoms with Crippen LogP contribution in [-0.2, 0) is 9.53 Å². The van der Waals surface area contributed by atoms with Gasteiger partial charge in [-0.2, -0.15) is 0 Å². The molecule has 7 heteroatoms. The Morgan fingerprint density at radius 2 is 1.78 bits per heavy atom. The number of carbonyl (C=O) groups excluding carboxylic acids is 4. The van der Waals surface area contributed by atoms with Crippen molar-refractivity contribution in [3.63, 3.8) is 0 Å². The van der Waals surface area contributed by atoms with E-state index >= 15 is 0 Å². The van der Waals surface area contributed by atoms with Crippen LogP contribution in [0.3, 0.4) is 0 Å². The van der Waals surface area contributed by atoms with E-state index in [0.717, 1.165) is 28.9 Å². The van der Waals surface area contributed by atoms with Crippen molar-refractivity contribution >= 4 is 29.4 Å². The van der Waals surface area contributed by atoms with Crippen molar-refractivity contribution in [3.8, 4) is 0 Å². The summed E-state index contributed by atoms with van der Waals surface area (Å²) in [5, 5.41) is 0. The highest BCUT2D eigenvalue weighted by molar-refractivity contribution is 6.35. The van der Waals surface area contributed by atoms with E-state index in [-0.39, 0.29) is 29.2 Å². The first-order chi connectivity index (χ1) is 15.3. The smallest absolute Gasteiger partial charge is 0.338 e. The number of benzene rings is 2. The van der Waals surface area contributed by atoms with Crippen molar-refractivity contribution in [1.29, 1.82) is 0 Å². The first kappa shape index (κ1) is 21.7. The Hall–Kier alpha value is -3.48. The number of likely N-dealkylation sites (tertiary alicyclic amines) is 1. The highest BCUT2D eigenvalue weighted by Crippen LogP contribution is 2.32. The normalized spacial score (nSPS) is 18.0. The lowest BCUT2D eigenvalue weighted by Crippen LogP contribution is -2.41. The zero-order chi connectivity index (χ0) is 23.0. The molecule has 1 fully saturated rings. The van der Waals surface area contributed by atoms with Crippen LogP contribution in [0, 0.1) is 19.8 Å². The van der Waals surface area contributed by atoms with Gasteiger partial charge in [0.2, 0.25) is 0 Å². The Labute approximate surface area is 187 Å². The topological polar surface area (TPSA) is 84.0 Å². The van der Waals surface area contributed by atoms with Gasteiger partial charge in [0.15, 0.2) is 6.61 Å². The molecule has 2 heterocycles. The largest absolute Gasteiger partial charge is 0.452 e. The molecular formula is C25H26N2O5. The lowest BCUT2D eigenvalue weighted by atomic mass is 10.0. The molecule has 1 unspecified atom stereocenters. The van der Waals surface area contributed by atoms with Gasteiger partial charge in [0.25, 0.3) is 17.7 Å². The molecule has 4 rings (SSSR count). The van der Waals surface area contributed by atoms with Crippen LogP contribution in [0.25, 0.3) is 0 Å². The molecule has 32 heavy (non-hydrogen) atoms. The van der Waals surface area contributed by atoms with E-state index < -0.39 is 17.8 Å². The Balaban J connectivity index is 1.49. The molecule has 2 aliphatic heterocycles. The molecule has 7 nitrogen and oxygen atoms in total. The summed E-state index contributed by atoms with van der Waals surface area (Å²) in [6.07, 6.45) is 2.03. The summed E-state index contributed by atoms with van der Waals surface area (Å²) in [7, 11) is 0. The summed E-state index contributed by atoms with van der Waals surface area (Å²) in [6, 6.07) is 9.85. The van der Waals surface area contributed by atoms with Gasteiger partial charge in [0.1, 0.15) is 0 Å². The van der Waals surface area contributed by atoms with Gasteiger partial charge in [-0.3, -0.25) is 14.4 Å². The third-order valence-electron chi connectivity index (χ3n) is 6.06. The average Bonchev–Trinajstić information content (AvgIpc) is 3.03. The third-order valence-corrected chi connectivity index (χ3v) is 6.06. The molecule has 0 radical (unpaired) electrons. The van der Waals surface area contributed by atoms with Crippen LogP contribution in [0.15, 0.2) is 36.4 Å². The van der Waals surface area contributed by atoms with Gasteiger partial charge in [0, 0.05) is 13.1 Å². The highest BCUT2D eigenvalue weighted by atomic mass is 16.5. The predicted octanol–water partition coefficient (Wildman–Crippen LogP) is 3.52. The van der Waals surface area contributed by atoms with Crippen molar-refractivity contribution in [2.24, 2.45) is 5.92 Å². The summed E-state index contributed by atoms with van der Waals surface area (Å²) < 4.78 is 5.21. The molecule has 1 saturated heterocycles. The summed E-state index contributed by atoms with van der Waals surface area (Å²) >= 11 is 0. The van der Waals surface area contributed by atoms with E-state index in [4.69, 9.17) is 4.74 Å². The second-order valence-corrected chi connectivity index (χ2v) is 8.66. The zero-order valence-corrected chi connectivity index (χ0v) is 18.5.